The van der Waals surface area contributed by atoms with Gasteiger partial charge in [0.05, 0.1) is 28.7 Å². The van der Waals surface area contributed by atoms with Crippen molar-refractivity contribution >= 4 is 39.8 Å². The zero-order chi connectivity index (χ0) is 16.6. The summed E-state index contributed by atoms with van der Waals surface area (Å²) >= 11 is 12.1. The van der Waals surface area contributed by atoms with Crippen LogP contribution in [-0.2, 0) is 0 Å². The number of nitrogen functional groups attached to an aromatic ring is 1. The first-order valence-electron chi connectivity index (χ1n) is 6.86. The average Bonchev–Trinajstić information content (AvgIpc) is 2.52. The molecule has 0 aliphatic heterocycles. The fourth-order valence-electron chi connectivity index (χ4n) is 2.38. The Morgan fingerprint density at radius 2 is 1.87 bits per heavy atom. The second kappa shape index (κ2) is 6.14. The Labute approximate surface area is 143 Å². The van der Waals surface area contributed by atoms with Crippen LogP contribution in [0, 0.1) is 6.92 Å². The summed E-state index contributed by atoms with van der Waals surface area (Å²) in [6.45, 7) is 1.96. The van der Waals surface area contributed by atoms with Crippen molar-refractivity contribution in [2.75, 3.05) is 12.8 Å². The van der Waals surface area contributed by atoms with Gasteiger partial charge in [0.15, 0.2) is 11.5 Å². The van der Waals surface area contributed by atoms with E-state index in [2.05, 4.69) is 4.98 Å². The summed E-state index contributed by atoms with van der Waals surface area (Å²) in [6, 6.07) is 8.61. The van der Waals surface area contributed by atoms with Crippen LogP contribution in [-0.4, -0.2) is 12.1 Å². The largest absolute Gasteiger partial charge is 0.493 e. The molecule has 0 bridgehead atoms. The quantitative estimate of drug-likeness (QED) is 0.658. The van der Waals surface area contributed by atoms with Crippen molar-refractivity contribution in [3.8, 4) is 17.2 Å². The van der Waals surface area contributed by atoms with Crippen molar-refractivity contribution in [2.24, 2.45) is 0 Å². The van der Waals surface area contributed by atoms with E-state index in [1.165, 1.54) is 0 Å². The summed E-state index contributed by atoms with van der Waals surface area (Å²) in [6.07, 6.45) is 1.71. The van der Waals surface area contributed by atoms with E-state index in [1.807, 2.05) is 13.0 Å². The van der Waals surface area contributed by atoms with Crippen LogP contribution >= 0.6 is 23.2 Å². The number of methoxy groups -OCH3 is 1. The minimum absolute atomic E-state index is 0.408. The lowest BCUT2D eigenvalue weighted by Crippen LogP contribution is -1.98. The van der Waals surface area contributed by atoms with E-state index in [9.17, 15) is 0 Å². The smallest absolute Gasteiger partial charge is 0.179 e. The number of fused-ring (bicyclic) bond motifs is 1. The van der Waals surface area contributed by atoms with Gasteiger partial charge in [-0.15, -0.1) is 0 Å². The second-order valence-corrected chi connectivity index (χ2v) is 5.87. The third-order valence-electron chi connectivity index (χ3n) is 3.50. The minimum atomic E-state index is 0.408. The maximum atomic E-state index is 6.21. The third-order valence-corrected chi connectivity index (χ3v) is 4.03. The maximum absolute atomic E-state index is 6.21. The Morgan fingerprint density at radius 1 is 1.09 bits per heavy atom. The standard InChI is InChI=1S/C17H14Cl2N2O2/c1-9-5-6-21-16-12(20)8-14(22-2)17(15(9)16)23-13-4-3-10(18)7-11(13)19/h3-8H,20H2,1-2H3. The summed E-state index contributed by atoms with van der Waals surface area (Å²) in [4.78, 5) is 4.34. The van der Waals surface area contributed by atoms with Crippen molar-refractivity contribution < 1.29 is 9.47 Å². The van der Waals surface area contributed by atoms with E-state index in [1.54, 1.807) is 37.6 Å². The number of hydrogen-bond donors (Lipinski definition) is 1. The number of ether oxygens (including phenoxy) is 2. The molecule has 0 saturated carbocycles. The van der Waals surface area contributed by atoms with E-state index in [-0.39, 0.29) is 0 Å². The van der Waals surface area contributed by atoms with Gasteiger partial charge in [0.25, 0.3) is 0 Å². The van der Waals surface area contributed by atoms with Crippen LogP contribution < -0.4 is 15.2 Å². The average molecular weight is 349 g/mol. The van der Waals surface area contributed by atoms with Crippen LogP contribution in [0.2, 0.25) is 10.0 Å². The van der Waals surface area contributed by atoms with Gasteiger partial charge in [-0.2, -0.15) is 0 Å². The molecule has 3 rings (SSSR count). The molecule has 0 radical (unpaired) electrons. The Morgan fingerprint density at radius 3 is 2.57 bits per heavy atom. The molecular formula is C17H14Cl2N2O2. The van der Waals surface area contributed by atoms with Crippen molar-refractivity contribution in [2.45, 2.75) is 6.92 Å². The maximum Gasteiger partial charge on any atom is 0.179 e. The number of benzene rings is 2. The van der Waals surface area contributed by atoms with Crippen LogP contribution in [0.3, 0.4) is 0 Å². The first-order chi connectivity index (χ1) is 11.0. The number of nitrogens with zero attached hydrogens (tertiary/aromatic N) is 1. The molecule has 0 fully saturated rings. The molecule has 0 unspecified atom stereocenters. The van der Waals surface area contributed by atoms with Gasteiger partial charge < -0.3 is 15.2 Å². The highest BCUT2D eigenvalue weighted by Gasteiger charge is 2.17. The van der Waals surface area contributed by atoms with Crippen molar-refractivity contribution in [3.05, 3.63) is 52.1 Å². The molecule has 23 heavy (non-hydrogen) atoms. The molecule has 0 amide bonds. The Kier molecular flexibility index (Phi) is 4.20. The molecule has 118 valence electrons. The predicted molar refractivity (Wildman–Crippen MR) is 94.0 cm³/mol. The molecule has 1 aromatic heterocycles. The number of rotatable bonds is 3. The minimum Gasteiger partial charge on any atom is -0.493 e. The number of aromatic nitrogens is 1. The van der Waals surface area contributed by atoms with Crippen molar-refractivity contribution in [1.29, 1.82) is 0 Å². The summed E-state index contributed by atoms with van der Waals surface area (Å²) in [7, 11) is 1.56. The molecule has 0 atom stereocenters. The van der Waals surface area contributed by atoms with Crippen LogP contribution in [0.15, 0.2) is 36.5 Å². The molecule has 0 spiro atoms. The number of pyridine rings is 1. The van der Waals surface area contributed by atoms with Gasteiger partial charge in [0.1, 0.15) is 5.75 Å². The summed E-state index contributed by atoms with van der Waals surface area (Å²) in [5.41, 5.74) is 8.23. The zero-order valence-electron chi connectivity index (χ0n) is 12.6. The van der Waals surface area contributed by atoms with Crippen molar-refractivity contribution in [1.82, 2.24) is 4.98 Å². The van der Waals surface area contributed by atoms with E-state index in [0.29, 0.717) is 38.5 Å². The molecule has 4 nitrogen and oxygen atoms in total. The zero-order valence-corrected chi connectivity index (χ0v) is 14.1. The predicted octanol–water partition coefficient (Wildman–Crippen LogP) is 5.23. The second-order valence-electron chi connectivity index (χ2n) is 5.03. The van der Waals surface area contributed by atoms with Crippen molar-refractivity contribution in [3.63, 3.8) is 0 Å². The van der Waals surface area contributed by atoms with Gasteiger partial charge in [-0.05, 0) is 36.8 Å². The molecule has 0 aliphatic rings. The first kappa shape index (κ1) is 15.7. The van der Waals surface area contributed by atoms with E-state index < -0.39 is 0 Å². The normalized spacial score (nSPS) is 10.8. The molecule has 3 aromatic rings. The number of halogens is 2. The topological polar surface area (TPSA) is 57.4 Å². The molecule has 1 heterocycles. The highest BCUT2D eigenvalue weighted by Crippen LogP contribution is 2.43. The van der Waals surface area contributed by atoms with Gasteiger partial charge in [-0.1, -0.05) is 23.2 Å². The third kappa shape index (κ3) is 2.87. The Balaban J connectivity index is 2.25. The van der Waals surface area contributed by atoms with Gasteiger partial charge in [-0.25, -0.2) is 0 Å². The van der Waals surface area contributed by atoms with Gasteiger partial charge in [0.2, 0.25) is 0 Å². The van der Waals surface area contributed by atoms with Crippen LogP contribution in [0.1, 0.15) is 5.56 Å². The molecule has 6 heteroatoms. The van der Waals surface area contributed by atoms with Crippen LogP contribution in [0.4, 0.5) is 5.69 Å². The highest BCUT2D eigenvalue weighted by molar-refractivity contribution is 6.35. The molecule has 2 aromatic carbocycles. The lowest BCUT2D eigenvalue weighted by atomic mass is 10.1. The number of hydrogen-bond acceptors (Lipinski definition) is 4. The first-order valence-corrected chi connectivity index (χ1v) is 7.61. The molecular weight excluding hydrogens is 335 g/mol. The van der Waals surface area contributed by atoms with Crippen LogP contribution in [0.5, 0.6) is 17.2 Å². The fourth-order valence-corrected chi connectivity index (χ4v) is 2.83. The SMILES string of the molecule is COc1cc(N)c2nccc(C)c2c1Oc1ccc(Cl)cc1Cl. The molecule has 0 aliphatic carbocycles. The fraction of sp³-hybridized carbons (Fsp3) is 0.118. The number of aryl methyl sites for hydroxylation is 1. The van der Waals surface area contributed by atoms with Gasteiger partial charge >= 0.3 is 0 Å². The van der Waals surface area contributed by atoms with E-state index >= 15 is 0 Å². The van der Waals surface area contributed by atoms with E-state index in [4.69, 9.17) is 38.4 Å². The lowest BCUT2D eigenvalue weighted by molar-refractivity contribution is 0.381. The van der Waals surface area contributed by atoms with E-state index in [0.717, 1.165) is 10.9 Å². The van der Waals surface area contributed by atoms with Crippen LogP contribution in [0.25, 0.3) is 10.9 Å². The molecule has 2 N–H and O–H groups in total. The summed E-state index contributed by atoms with van der Waals surface area (Å²) in [5, 5.41) is 1.73. The monoisotopic (exact) mass is 348 g/mol. The number of anilines is 1. The summed E-state index contributed by atoms with van der Waals surface area (Å²) < 4.78 is 11.4. The Bertz CT molecular complexity index is 897. The highest BCUT2D eigenvalue weighted by atomic mass is 35.5. The Hall–Kier alpha value is -2.17. The lowest BCUT2D eigenvalue weighted by Gasteiger charge is -2.16. The molecule has 0 saturated heterocycles. The number of nitrogens with two attached hydrogens (primary N) is 1. The van der Waals surface area contributed by atoms with Gasteiger partial charge in [-0.3, -0.25) is 4.98 Å². The summed E-state index contributed by atoms with van der Waals surface area (Å²) in [5.74, 6) is 1.51. The van der Waals surface area contributed by atoms with Gasteiger partial charge in [0, 0.05) is 17.3 Å².